The van der Waals surface area contributed by atoms with Gasteiger partial charge < -0.3 is 14.6 Å². The zero-order valence-corrected chi connectivity index (χ0v) is 11.2. The van der Waals surface area contributed by atoms with Crippen molar-refractivity contribution < 1.29 is 14.6 Å². The maximum absolute atomic E-state index is 10.1. The third-order valence-corrected chi connectivity index (χ3v) is 2.96. The minimum absolute atomic E-state index is 0.183. The van der Waals surface area contributed by atoms with Crippen molar-refractivity contribution in [3.63, 3.8) is 0 Å². The average Bonchev–Trinajstić information content (AvgIpc) is 2.52. The van der Waals surface area contributed by atoms with Crippen LogP contribution >= 0.6 is 0 Å². The molecule has 20 heavy (non-hydrogen) atoms. The van der Waals surface area contributed by atoms with E-state index in [1.54, 1.807) is 6.07 Å². The molecule has 0 saturated carbocycles. The second-order valence-electron chi connectivity index (χ2n) is 4.27. The first-order valence-electron chi connectivity index (χ1n) is 6.28. The second-order valence-corrected chi connectivity index (χ2v) is 4.27. The van der Waals surface area contributed by atoms with E-state index in [4.69, 9.17) is 14.9 Å². The lowest BCUT2D eigenvalue weighted by atomic mass is 10.0. The highest BCUT2D eigenvalue weighted by atomic mass is 16.5. The van der Waals surface area contributed by atoms with Crippen LogP contribution in [0.1, 0.15) is 17.2 Å². The highest BCUT2D eigenvalue weighted by Gasteiger charge is 2.17. The minimum atomic E-state index is -1.07. The number of ether oxygens (including phenoxy) is 2. The van der Waals surface area contributed by atoms with Crippen LogP contribution < -0.4 is 4.74 Å². The first-order valence-corrected chi connectivity index (χ1v) is 6.28. The van der Waals surface area contributed by atoms with Crippen LogP contribution in [0, 0.1) is 5.41 Å². The van der Waals surface area contributed by atoms with Crippen LogP contribution in [0.3, 0.4) is 0 Å². The van der Waals surface area contributed by atoms with Crippen molar-refractivity contribution in [2.24, 2.45) is 0 Å². The van der Waals surface area contributed by atoms with Crippen molar-refractivity contribution in [1.29, 1.82) is 5.41 Å². The van der Waals surface area contributed by atoms with Crippen molar-refractivity contribution >= 4 is 5.90 Å². The number of para-hydroxylation sites is 1. The van der Waals surface area contributed by atoms with Gasteiger partial charge in [-0.1, -0.05) is 42.5 Å². The molecule has 0 heterocycles. The van der Waals surface area contributed by atoms with Crippen LogP contribution in [0.15, 0.2) is 54.6 Å². The number of methoxy groups -OCH3 is 1. The van der Waals surface area contributed by atoms with E-state index in [9.17, 15) is 5.11 Å². The fraction of sp³-hybridized carbons (Fsp3) is 0.188. The minimum Gasteiger partial charge on any atom is -0.489 e. The van der Waals surface area contributed by atoms with E-state index < -0.39 is 6.10 Å². The summed E-state index contributed by atoms with van der Waals surface area (Å²) < 4.78 is 10.5. The maximum Gasteiger partial charge on any atom is 0.214 e. The van der Waals surface area contributed by atoms with Gasteiger partial charge in [0.2, 0.25) is 5.90 Å². The summed E-state index contributed by atoms with van der Waals surface area (Å²) in [6, 6.07) is 16.8. The van der Waals surface area contributed by atoms with E-state index in [1.807, 2.05) is 48.5 Å². The zero-order chi connectivity index (χ0) is 14.4. The summed E-state index contributed by atoms with van der Waals surface area (Å²) in [4.78, 5) is 0. The number of hydrogen-bond acceptors (Lipinski definition) is 4. The van der Waals surface area contributed by atoms with Gasteiger partial charge in [-0.15, -0.1) is 0 Å². The molecular weight excluding hydrogens is 254 g/mol. The number of hydrogen-bond donors (Lipinski definition) is 2. The molecule has 0 spiro atoms. The number of aliphatic hydroxyl groups excluding tert-OH is 1. The Hall–Kier alpha value is -2.33. The fourth-order valence-electron chi connectivity index (χ4n) is 1.86. The van der Waals surface area contributed by atoms with Gasteiger partial charge in [0, 0.05) is 0 Å². The molecule has 0 fully saturated rings. The number of rotatable bonds is 5. The van der Waals surface area contributed by atoms with Crippen LogP contribution in [0.25, 0.3) is 0 Å². The summed E-state index contributed by atoms with van der Waals surface area (Å²) in [6.07, 6.45) is -1.07. The van der Waals surface area contributed by atoms with Crippen LogP contribution in [-0.4, -0.2) is 18.1 Å². The molecule has 0 aliphatic rings. The Morgan fingerprint density at radius 1 is 1.10 bits per heavy atom. The number of nitrogens with one attached hydrogen (secondary N) is 1. The Morgan fingerprint density at radius 2 is 1.75 bits per heavy atom. The van der Waals surface area contributed by atoms with Crippen molar-refractivity contribution in [3.8, 4) is 5.75 Å². The van der Waals surface area contributed by atoms with E-state index in [-0.39, 0.29) is 5.90 Å². The number of aliphatic hydroxyl groups is 1. The van der Waals surface area contributed by atoms with Crippen molar-refractivity contribution in [1.82, 2.24) is 0 Å². The molecule has 2 aromatic carbocycles. The molecule has 0 amide bonds. The van der Waals surface area contributed by atoms with E-state index in [2.05, 4.69) is 0 Å². The van der Waals surface area contributed by atoms with Gasteiger partial charge in [-0.2, -0.15) is 0 Å². The van der Waals surface area contributed by atoms with Crippen molar-refractivity contribution in [2.45, 2.75) is 12.7 Å². The van der Waals surface area contributed by atoms with Crippen LogP contribution in [0.2, 0.25) is 0 Å². The fourth-order valence-corrected chi connectivity index (χ4v) is 1.86. The van der Waals surface area contributed by atoms with Crippen LogP contribution in [0.5, 0.6) is 5.75 Å². The van der Waals surface area contributed by atoms with Gasteiger partial charge >= 0.3 is 0 Å². The van der Waals surface area contributed by atoms with Crippen molar-refractivity contribution in [3.05, 3.63) is 65.7 Å². The highest BCUT2D eigenvalue weighted by molar-refractivity contribution is 5.79. The third kappa shape index (κ3) is 3.36. The highest BCUT2D eigenvalue weighted by Crippen LogP contribution is 2.21. The third-order valence-electron chi connectivity index (χ3n) is 2.96. The van der Waals surface area contributed by atoms with E-state index in [0.717, 1.165) is 11.3 Å². The first kappa shape index (κ1) is 14.1. The second kappa shape index (κ2) is 6.73. The Labute approximate surface area is 118 Å². The summed E-state index contributed by atoms with van der Waals surface area (Å²) in [5.41, 5.74) is 1.45. The quantitative estimate of drug-likeness (QED) is 0.649. The lowest BCUT2D eigenvalue weighted by Gasteiger charge is -2.16. The summed E-state index contributed by atoms with van der Waals surface area (Å²) in [5.74, 6) is 0.579. The molecule has 4 nitrogen and oxygen atoms in total. The molecule has 0 aromatic heterocycles. The smallest absolute Gasteiger partial charge is 0.214 e. The van der Waals surface area contributed by atoms with Gasteiger partial charge in [0.25, 0.3) is 0 Å². The van der Waals surface area contributed by atoms with E-state index in [1.165, 1.54) is 7.11 Å². The van der Waals surface area contributed by atoms with Crippen LogP contribution in [0.4, 0.5) is 0 Å². The first-order chi connectivity index (χ1) is 9.72. The molecule has 104 valence electrons. The predicted molar refractivity (Wildman–Crippen MR) is 76.9 cm³/mol. The van der Waals surface area contributed by atoms with Gasteiger partial charge in [-0.25, -0.2) is 0 Å². The summed E-state index contributed by atoms with van der Waals surface area (Å²) in [6.45, 7) is 0.328. The van der Waals surface area contributed by atoms with Gasteiger partial charge in [-0.05, 0) is 23.3 Å². The molecular formula is C16H17NO3. The molecule has 0 bridgehead atoms. The monoisotopic (exact) mass is 271 g/mol. The molecule has 0 aliphatic heterocycles. The van der Waals surface area contributed by atoms with Gasteiger partial charge in [0.15, 0.2) is 6.10 Å². The van der Waals surface area contributed by atoms with Gasteiger partial charge in [0.1, 0.15) is 12.4 Å². The Kier molecular flexibility index (Phi) is 4.74. The SMILES string of the molecule is COC(=N)C(O)c1ccccc1COc1ccccc1. The molecule has 0 radical (unpaired) electrons. The number of benzene rings is 2. The zero-order valence-electron chi connectivity index (χ0n) is 11.2. The van der Waals surface area contributed by atoms with E-state index in [0.29, 0.717) is 12.2 Å². The molecule has 1 unspecified atom stereocenters. The summed E-state index contributed by atoms with van der Waals surface area (Å²) in [5, 5.41) is 17.6. The molecule has 1 atom stereocenters. The van der Waals surface area contributed by atoms with Gasteiger partial charge in [0.05, 0.1) is 7.11 Å². The van der Waals surface area contributed by atoms with Crippen molar-refractivity contribution in [2.75, 3.05) is 7.11 Å². The molecule has 2 aromatic rings. The molecule has 4 heteroatoms. The average molecular weight is 271 g/mol. The lowest BCUT2D eigenvalue weighted by Crippen LogP contribution is -2.15. The maximum atomic E-state index is 10.1. The normalized spacial score (nSPS) is 11.7. The molecule has 0 saturated heterocycles. The van der Waals surface area contributed by atoms with Crippen LogP contribution in [-0.2, 0) is 11.3 Å². The largest absolute Gasteiger partial charge is 0.489 e. The summed E-state index contributed by atoms with van der Waals surface area (Å²) in [7, 11) is 1.37. The molecule has 2 N–H and O–H groups in total. The predicted octanol–water partition coefficient (Wildman–Crippen LogP) is 2.92. The lowest BCUT2D eigenvalue weighted by molar-refractivity contribution is 0.201. The summed E-state index contributed by atoms with van der Waals surface area (Å²) >= 11 is 0. The van der Waals surface area contributed by atoms with E-state index >= 15 is 0 Å². The van der Waals surface area contributed by atoms with Gasteiger partial charge in [-0.3, -0.25) is 5.41 Å². The molecule has 2 rings (SSSR count). The molecule has 0 aliphatic carbocycles. The standard InChI is InChI=1S/C16H17NO3/c1-19-16(17)15(18)14-10-6-5-7-12(14)11-20-13-8-3-2-4-9-13/h2-10,15,17-18H,11H2,1H3. The topological polar surface area (TPSA) is 62.5 Å². The Bertz CT molecular complexity index is 569. The Morgan fingerprint density at radius 3 is 2.45 bits per heavy atom. The Balaban J connectivity index is 2.14.